The molecule has 1 fully saturated rings. The first-order valence-corrected chi connectivity index (χ1v) is 10.4. The Balaban J connectivity index is 1.57. The second-order valence-corrected chi connectivity index (χ2v) is 8.03. The van der Waals surface area contributed by atoms with Crippen LogP contribution in [0.1, 0.15) is 18.4 Å². The molecule has 1 amide bonds. The van der Waals surface area contributed by atoms with Gasteiger partial charge in [-0.05, 0) is 50.2 Å². The summed E-state index contributed by atoms with van der Waals surface area (Å²) in [4.78, 5) is 15.1. The summed E-state index contributed by atoms with van der Waals surface area (Å²) in [5, 5.41) is 10.7. The molecule has 0 atom stereocenters. The number of nitrogens with zero attached hydrogens (tertiary/aromatic N) is 3. The number of carbonyl (C=O) groups is 1. The van der Waals surface area contributed by atoms with Crippen LogP contribution in [0.3, 0.4) is 0 Å². The molecule has 1 aliphatic heterocycles. The first kappa shape index (κ1) is 19.7. The quantitative estimate of drug-likeness (QED) is 0.573. The Labute approximate surface area is 179 Å². The molecule has 4 rings (SSSR count). The zero-order valence-corrected chi connectivity index (χ0v) is 17.7. The Morgan fingerprint density at radius 2 is 1.93 bits per heavy atom. The van der Waals surface area contributed by atoms with Crippen LogP contribution in [-0.4, -0.2) is 33.8 Å². The highest BCUT2D eigenvalue weighted by Crippen LogP contribution is 2.31. The SMILES string of the molecule is Cc1ccc(-c2n[nH]c(=S)n2CC(=O)Nc2cc(Cl)ccc2N2CCCC2)cc1. The number of aromatic amines is 1. The molecule has 0 radical (unpaired) electrons. The fourth-order valence-corrected chi connectivity index (χ4v) is 3.93. The molecule has 3 aromatic rings. The average molecular weight is 428 g/mol. The molecular formula is C21H22ClN5OS. The monoisotopic (exact) mass is 427 g/mol. The molecule has 1 saturated heterocycles. The van der Waals surface area contributed by atoms with Crippen molar-refractivity contribution >= 4 is 41.1 Å². The Bertz CT molecular complexity index is 1080. The lowest BCUT2D eigenvalue weighted by atomic mass is 10.1. The van der Waals surface area contributed by atoms with Gasteiger partial charge in [-0.25, -0.2) is 0 Å². The second-order valence-electron chi connectivity index (χ2n) is 7.21. The van der Waals surface area contributed by atoms with E-state index < -0.39 is 0 Å². The summed E-state index contributed by atoms with van der Waals surface area (Å²) in [7, 11) is 0. The van der Waals surface area contributed by atoms with Gasteiger partial charge in [-0.3, -0.25) is 14.5 Å². The zero-order valence-electron chi connectivity index (χ0n) is 16.1. The van der Waals surface area contributed by atoms with Crippen LogP contribution in [-0.2, 0) is 11.3 Å². The summed E-state index contributed by atoms with van der Waals surface area (Å²) in [6.45, 7) is 4.05. The number of hydrogen-bond acceptors (Lipinski definition) is 4. The van der Waals surface area contributed by atoms with E-state index in [4.69, 9.17) is 23.8 Å². The van der Waals surface area contributed by atoms with Gasteiger partial charge in [0.05, 0.1) is 11.4 Å². The van der Waals surface area contributed by atoms with Gasteiger partial charge in [-0.2, -0.15) is 5.10 Å². The molecule has 0 unspecified atom stereocenters. The van der Waals surface area contributed by atoms with Crippen molar-refractivity contribution in [2.24, 2.45) is 0 Å². The number of aryl methyl sites for hydroxylation is 1. The van der Waals surface area contributed by atoms with E-state index in [1.54, 1.807) is 10.6 Å². The van der Waals surface area contributed by atoms with Gasteiger partial charge in [0.2, 0.25) is 5.91 Å². The highest BCUT2D eigenvalue weighted by Gasteiger charge is 2.18. The Morgan fingerprint density at radius 3 is 2.66 bits per heavy atom. The number of H-pyrrole nitrogens is 1. The summed E-state index contributed by atoms with van der Waals surface area (Å²) < 4.78 is 2.11. The lowest BCUT2D eigenvalue weighted by Crippen LogP contribution is -2.23. The predicted molar refractivity (Wildman–Crippen MR) is 119 cm³/mol. The minimum absolute atomic E-state index is 0.0600. The van der Waals surface area contributed by atoms with Crippen molar-refractivity contribution in [3.05, 3.63) is 57.8 Å². The van der Waals surface area contributed by atoms with Crippen LogP contribution in [0.15, 0.2) is 42.5 Å². The molecular weight excluding hydrogens is 406 g/mol. The molecule has 2 aromatic carbocycles. The third-order valence-electron chi connectivity index (χ3n) is 5.05. The second kappa shape index (κ2) is 8.39. The molecule has 0 saturated carbocycles. The number of rotatable bonds is 5. The van der Waals surface area contributed by atoms with Crippen molar-refractivity contribution in [1.82, 2.24) is 14.8 Å². The number of anilines is 2. The van der Waals surface area contributed by atoms with E-state index in [0.717, 1.165) is 48.4 Å². The van der Waals surface area contributed by atoms with Crippen LogP contribution in [0.2, 0.25) is 5.02 Å². The maximum atomic E-state index is 12.9. The fourth-order valence-electron chi connectivity index (χ4n) is 3.56. The molecule has 2 N–H and O–H groups in total. The Morgan fingerprint density at radius 1 is 1.21 bits per heavy atom. The maximum absolute atomic E-state index is 12.9. The van der Waals surface area contributed by atoms with E-state index in [9.17, 15) is 4.79 Å². The van der Waals surface area contributed by atoms with Gasteiger partial charge in [-0.1, -0.05) is 41.4 Å². The summed E-state index contributed by atoms with van der Waals surface area (Å²) in [5.41, 5.74) is 3.77. The van der Waals surface area contributed by atoms with Crippen molar-refractivity contribution < 1.29 is 4.79 Å². The number of benzene rings is 2. The van der Waals surface area contributed by atoms with Crippen molar-refractivity contribution in [2.75, 3.05) is 23.3 Å². The fraction of sp³-hybridized carbons (Fsp3) is 0.286. The smallest absolute Gasteiger partial charge is 0.244 e. The summed E-state index contributed by atoms with van der Waals surface area (Å²) in [6.07, 6.45) is 2.31. The van der Waals surface area contributed by atoms with Crippen molar-refractivity contribution in [3.63, 3.8) is 0 Å². The van der Waals surface area contributed by atoms with Crippen LogP contribution in [0, 0.1) is 11.7 Å². The Hall–Kier alpha value is -2.64. The van der Waals surface area contributed by atoms with E-state index in [1.807, 2.05) is 43.3 Å². The van der Waals surface area contributed by atoms with Crippen LogP contribution in [0.25, 0.3) is 11.4 Å². The lowest BCUT2D eigenvalue weighted by Gasteiger charge is -2.22. The van der Waals surface area contributed by atoms with E-state index in [2.05, 4.69) is 20.4 Å². The molecule has 8 heteroatoms. The number of nitrogens with one attached hydrogen (secondary N) is 2. The molecule has 1 aromatic heterocycles. The Kier molecular flexibility index (Phi) is 5.69. The van der Waals surface area contributed by atoms with E-state index >= 15 is 0 Å². The maximum Gasteiger partial charge on any atom is 0.244 e. The average Bonchev–Trinajstić information content (AvgIpc) is 3.34. The number of halogens is 1. The van der Waals surface area contributed by atoms with Crippen LogP contribution in [0.5, 0.6) is 0 Å². The van der Waals surface area contributed by atoms with Gasteiger partial charge in [-0.15, -0.1) is 0 Å². The van der Waals surface area contributed by atoms with Gasteiger partial charge >= 0.3 is 0 Å². The topological polar surface area (TPSA) is 66.0 Å². The van der Waals surface area contributed by atoms with E-state index in [-0.39, 0.29) is 12.5 Å². The molecule has 6 nitrogen and oxygen atoms in total. The third kappa shape index (κ3) is 4.36. The zero-order chi connectivity index (χ0) is 20.4. The highest BCUT2D eigenvalue weighted by atomic mass is 35.5. The standard InChI is InChI=1S/C21H22ClN5OS/c1-14-4-6-15(7-5-14)20-24-25-21(29)27(20)13-19(28)23-17-12-16(22)8-9-18(17)26-10-2-3-11-26/h4-9,12H,2-3,10-11,13H2,1H3,(H,23,28)(H,25,29). The lowest BCUT2D eigenvalue weighted by molar-refractivity contribution is -0.116. The van der Waals surface area contributed by atoms with Crippen LogP contribution < -0.4 is 10.2 Å². The molecule has 29 heavy (non-hydrogen) atoms. The normalized spacial score (nSPS) is 13.7. The number of carbonyl (C=O) groups excluding carboxylic acids is 1. The van der Waals surface area contributed by atoms with Crippen LogP contribution in [0.4, 0.5) is 11.4 Å². The first-order chi connectivity index (χ1) is 14.0. The largest absolute Gasteiger partial charge is 0.370 e. The molecule has 2 heterocycles. The molecule has 0 bridgehead atoms. The van der Waals surface area contributed by atoms with E-state index in [0.29, 0.717) is 15.6 Å². The molecule has 1 aliphatic rings. The van der Waals surface area contributed by atoms with Gasteiger partial charge in [0.15, 0.2) is 10.6 Å². The van der Waals surface area contributed by atoms with Gasteiger partial charge in [0.1, 0.15) is 6.54 Å². The molecule has 0 spiro atoms. The van der Waals surface area contributed by atoms with E-state index in [1.165, 1.54) is 0 Å². The van der Waals surface area contributed by atoms with Crippen molar-refractivity contribution in [3.8, 4) is 11.4 Å². The van der Waals surface area contributed by atoms with Crippen molar-refractivity contribution in [2.45, 2.75) is 26.3 Å². The first-order valence-electron chi connectivity index (χ1n) is 9.58. The molecule has 0 aliphatic carbocycles. The molecule has 150 valence electrons. The van der Waals surface area contributed by atoms with Gasteiger partial charge in [0, 0.05) is 23.7 Å². The highest BCUT2D eigenvalue weighted by molar-refractivity contribution is 7.71. The minimum Gasteiger partial charge on any atom is -0.370 e. The minimum atomic E-state index is -0.182. The predicted octanol–water partition coefficient (Wildman–Crippen LogP) is 4.81. The van der Waals surface area contributed by atoms with Gasteiger partial charge < -0.3 is 10.2 Å². The van der Waals surface area contributed by atoms with Gasteiger partial charge in [0.25, 0.3) is 0 Å². The summed E-state index contributed by atoms with van der Waals surface area (Å²) in [6, 6.07) is 13.6. The van der Waals surface area contributed by atoms with Crippen LogP contribution >= 0.6 is 23.8 Å². The number of aromatic nitrogens is 3. The summed E-state index contributed by atoms with van der Waals surface area (Å²) in [5.74, 6) is 0.453. The van der Waals surface area contributed by atoms with Crippen molar-refractivity contribution in [1.29, 1.82) is 0 Å². The summed E-state index contributed by atoms with van der Waals surface area (Å²) >= 11 is 11.5. The number of amides is 1. The third-order valence-corrected chi connectivity index (χ3v) is 5.60. The number of hydrogen-bond donors (Lipinski definition) is 2.